The molecule has 0 unspecified atom stereocenters. The van der Waals surface area contributed by atoms with Gasteiger partial charge >= 0.3 is 0 Å². The number of aryl methyl sites for hydroxylation is 1. The van der Waals surface area contributed by atoms with Crippen LogP contribution in [0.4, 0.5) is 4.39 Å². The van der Waals surface area contributed by atoms with Gasteiger partial charge in [0.25, 0.3) is 0 Å². The molecule has 2 aromatic rings. The summed E-state index contributed by atoms with van der Waals surface area (Å²) in [6.07, 6.45) is 1.92. The smallest absolute Gasteiger partial charge is 0.144 e. The van der Waals surface area contributed by atoms with E-state index < -0.39 is 0 Å². The first-order valence-electron chi connectivity index (χ1n) is 6.91. The van der Waals surface area contributed by atoms with Crippen molar-refractivity contribution in [2.24, 2.45) is 0 Å². The summed E-state index contributed by atoms with van der Waals surface area (Å²) in [6.45, 7) is 6.23. The second-order valence-corrected chi connectivity index (χ2v) is 6.74. The van der Waals surface area contributed by atoms with E-state index in [-0.39, 0.29) is 11.2 Å². The molecule has 2 rings (SSSR count). The maximum atomic E-state index is 13.1. The zero-order valence-electron chi connectivity index (χ0n) is 12.3. The Balaban J connectivity index is 2.53. The second-order valence-electron chi connectivity index (χ2n) is 5.56. The molecule has 0 aliphatic heterocycles. The summed E-state index contributed by atoms with van der Waals surface area (Å²) in [6, 6.07) is 6.51. The lowest BCUT2D eigenvalue weighted by molar-refractivity contribution is 0.576. The summed E-state index contributed by atoms with van der Waals surface area (Å²) in [5.74, 6) is 0.559. The molecule has 5 heteroatoms. The van der Waals surface area contributed by atoms with Crippen LogP contribution in [0, 0.1) is 10.5 Å². The predicted octanol–water partition coefficient (Wildman–Crippen LogP) is 5.32. The van der Waals surface area contributed by atoms with Gasteiger partial charge < -0.3 is 4.98 Å². The second kappa shape index (κ2) is 6.36. The molecule has 1 N–H and O–H groups in total. The quantitative estimate of drug-likeness (QED) is 0.739. The minimum Gasteiger partial charge on any atom is -0.345 e. The van der Waals surface area contributed by atoms with Gasteiger partial charge in [-0.25, -0.2) is 9.37 Å². The lowest BCUT2D eigenvalue weighted by atomic mass is 9.83. The molecule has 1 aromatic heterocycles. The van der Waals surface area contributed by atoms with Gasteiger partial charge in [0.1, 0.15) is 16.3 Å². The minimum absolute atomic E-state index is 0.238. The lowest BCUT2D eigenvalue weighted by Crippen LogP contribution is -2.23. The van der Waals surface area contributed by atoms with E-state index in [0.717, 1.165) is 34.4 Å². The van der Waals surface area contributed by atoms with Crippen LogP contribution in [0.5, 0.6) is 0 Å². The molecule has 1 aromatic carbocycles. The van der Waals surface area contributed by atoms with Crippen LogP contribution >= 0.6 is 28.1 Å². The van der Waals surface area contributed by atoms with Crippen molar-refractivity contribution in [3.63, 3.8) is 0 Å². The van der Waals surface area contributed by atoms with E-state index in [4.69, 9.17) is 12.2 Å². The van der Waals surface area contributed by atoms with Crippen molar-refractivity contribution in [2.75, 3.05) is 0 Å². The van der Waals surface area contributed by atoms with Gasteiger partial charge in [-0.2, -0.15) is 0 Å². The Labute approximate surface area is 138 Å². The zero-order valence-corrected chi connectivity index (χ0v) is 14.7. The van der Waals surface area contributed by atoms with Crippen molar-refractivity contribution in [1.82, 2.24) is 9.97 Å². The number of rotatable bonds is 4. The van der Waals surface area contributed by atoms with Gasteiger partial charge in [0.2, 0.25) is 0 Å². The molecule has 0 atom stereocenters. The van der Waals surface area contributed by atoms with Gasteiger partial charge in [0.05, 0.1) is 4.47 Å². The highest BCUT2D eigenvalue weighted by Crippen LogP contribution is 2.30. The third-order valence-corrected chi connectivity index (χ3v) is 5.01. The summed E-state index contributed by atoms with van der Waals surface area (Å²) in [5.41, 5.74) is 1.68. The normalized spacial score (nSPS) is 11.7. The van der Waals surface area contributed by atoms with Crippen LogP contribution in [0.1, 0.15) is 44.3 Å². The maximum absolute atomic E-state index is 13.1. The van der Waals surface area contributed by atoms with E-state index in [9.17, 15) is 4.39 Å². The molecule has 0 bridgehead atoms. The molecule has 0 amide bonds. The number of hydrogen-bond donors (Lipinski definition) is 1. The SMILES string of the molecule is CCCc1[nH]c(C(C)(C)c2ccc(F)cc2)nc(=S)c1Br. The van der Waals surface area contributed by atoms with Crippen LogP contribution < -0.4 is 0 Å². The topological polar surface area (TPSA) is 28.7 Å². The van der Waals surface area contributed by atoms with Crippen molar-refractivity contribution >= 4 is 28.1 Å². The summed E-state index contributed by atoms with van der Waals surface area (Å²) in [4.78, 5) is 7.89. The summed E-state index contributed by atoms with van der Waals surface area (Å²) in [7, 11) is 0. The Hall–Kier alpha value is -1.07. The molecule has 0 saturated carbocycles. The van der Waals surface area contributed by atoms with Gasteiger partial charge in [-0.1, -0.05) is 37.7 Å². The average molecular weight is 369 g/mol. The van der Waals surface area contributed by atoms with E-state index in [1.165, 1.54) is 12.1 Å². The van der Waals surface area contributed by atoms with Crippen molar-refractivity contribution < 1.29 is 4.39 Å². The van der Waals surface area contributed by atoms with Gasteiger partial charge in [0.15, 0.2) is 0 Å². The Morgan fingerprint density at radius 1 is 1.29 bits per heavy atom. The van der Waals surface area contributed by atoms with Crippen LogP contribution in [0.25, 0.3) is 0 Å². The predicted molar refractivity (Wildman–Crippen MR) is 89.6 cm³/mol. The summed E-state index contributed by atoms with van der Waals surface area (Å²) >= 11 is 8.84. The fourth-order valence-corrected chi connectivity index (χ4v) is 2.83. The van der Waals surface area contributed by atoms with E-state index in [0.29, 0.717) is 4.64 Å². The van der Waals surface area contributed by atoms with E-state index >= 15 is 0 Å². The first-order chi connectivity index (χ1) is 9.86. The van der Waals surface area contributed by atoms with E-state index in [2.05, 4.69) is 46.7 Å². The van der Waals surface area contributed by atoms with Crippen LogP contribution in [0.2, 0.25) is 0 Å². The molecule has 21 heavy (non-hydrogen) atoms. The van der Waals surface area contributed by atoms with Gasteiger partial charge in [0, 0.05) is 11.1 Å². The molecule has 0 aliphatic carbocycles. The molecule has 0 aliphatic rings. The van der Waals surface area contributed by atoms with E-state index in [1.54, 1.807) is 12.1 Å². The largest absolute Gasteiger partial charge is 0.345 e. The zero-order chi connectivity index (χ0) is 15.6. The number of halogens is 2. The van der Waals surface area contributed by atoms with Crippen LogP contribution in [0.15, 0.2) is 28.7 Å². The molecule has 0 saturated heterocycles. The molecule has 112 valence electrons. The molecular formula is C16H18BrFN2S. The Morgan fingerprint density at radius 2 is 1.90 bits per heavy atom. The van der Waals surface area contributed by atoms with Crippen molar-refractivity contribution in [3.05, 3.63) is 56.3 Å². The first kappa shape index (κ1) is 16.3. The Kier molecular flexibility index (Phi) is 4.94. The number of aromatic nitrogens is 2. The number of nitrogens with zero attached hydrogens (tertiary/aromatic N) is 1. The molecule has 1 heterocycles. The molecular weight excluding hydrogens is 351 g/mol. The van der Waals surface area contributed by atoms with Crippen molar-refractivity contribution in [2.45, 2.75) is 39.0 Å². The summed E-state index contributed by atoms with van der Waals surface area (Å²) in [5, 5.41) is 0. The number of aromatic amines is 1. The molecule has 0 spiro atoms. The fourth-order valence-electron chi connectivity index (χ4n) is 2.23. The number of nitrogens with one attached hydrogen (secondary N) is 1. The van der Waals surface area contributed by atoms with Crippen molar-refractivity contribution in [3.8, 4) is 0 Å². The Morgan fingerprint density at radius 3 is 2.48 bits per heavy atom. The van der Waals surface area contributed by atoms with Gasteiger partial charge in [-0.05, 0) is 53.9 Å². The van der Waals surface area contributed by atoms with Crippen LogP contribution in [-0.2, 0) is 11.8 Å². The van der Waals surface area contributed by atoms with Gasteiger partial charge in [-0.3, -0.25) is 0 Å². The lowest BCUT2D eigenvalue weighted by Gasteiger charge is -2.25. The molecule has 2 nitrogen and oxygen atoms in total. The van der Waals surface area contributed by atoms with Gasteiger partial charge in [-0.15, -0.1) is 0 Å². The monoisotopic (exact) mass is 368 g/mol. The Bertz CT molecular complexity index is 692. The average Bonchev–Trinajstić information content (AvgIpc) is 2.44. The van der Waals surface area contributed by atoms with E-state index in [1.807, 2.05) is 0 Å². The van der Waals surface area contributed by atoms with Crippen LogP contribution in [0.3, 0.4) is 0 Å². The fraction of sp³-hybridized carbons (Fsp3) is 0.375. The third-order valence-electron chi connectivity index (χ3n) is 3.59. The summed E-state index contributed by atoms with van der Waals surface area (Å²) < 4.78 is 14.5. The number of benzene rings is 1. The third kappa shape index (κ3) is 3.40. The first-order valence-corrected chi connectivity index (χ1v) is 8.11. The number of hydrogen-bond acceptors (Lipinski definition) is 2. The van der Waals surface area contributed by atoms with Crippen LogP contribution in [-0.4, -0.2) is 9.97 Å². The minimum atomic E-state index is -0.371. The highest BCUT2D eigenvalue weighted by Gasteiger charge is 2.26. The number of H-pyrrole nitrogens is 1. The maximum Gasteiger partial charge on any atom is 0.144 e. The molecule has 0 fully saturated rings. The molecule has 0 radical (unpaired) electrons. The standard InChI is InChI=1S/C16H18BrFN2S/c1-4-5-12-13(17)14(21)20-15(19-12)16(2,3)10-6-8-11(18)9-7-10/h6-9H,4-5H2,1-3H3,(H,19,20,21). The highest BCUT2D eigenvalue weighted by atomic mass is 79.9. The highest BCUT2D eigenvalue weighted by molar-refractivity contribution is 9.10. The van der Waals surface area contributed by atoms with Crippen molar-refractivity contribution in [1.29, 1.82) is 0 Å².